The molecule has 6 heteroatoms. The second kappa shape index (κ2) is 4.43. The average Bonchev–Trinajstić information content (AvgIpc) is 2.54. The Hall–Kier alpha value is -0.810. The second-order valence-electron chi connectivity index (χ2n) is 3.07. The van der Waals surface area contributed by atoms with Gasteiger partial charge in [-0.2, -0.15) is 5.10 Å². The lowest BCUT2D eigenvalue weighted by Gasteiger charge is -2.20. The van der Waals surface area contributed by atoms with Crippen LogP contribution in [0.25, 0.3) is 0 Å². The Kier molecular flexibility index (Phi) is 3.50. The van der Waals surface area contributed by atoms with Crippen LogP contribution in [-0.2, 0) is 0 Å². The Morgan fingerprint density at radius 1 is 1.38 bits per heavy atom. The summed E-state index contributed by atoms with van der Waals surface area (Å²) in [5, 5.41) is 9.54. The third-order valence-electron chi connectivity index (χ3n) is 2.16. The molecule has 0 spiro atoms. The van der Waals surface area contributed by atoms with Crippen molar-refractivity contribution in [1.29, 1.82) is 0 Å². The molecule has 1 saturated heterocycles. The predicted octanol–water partition coefficient (Wildman–Crippen LogP) is 0.334. The van der Waals surface area contributed by atoms with Crippen molar-refractivity contribution in [2.24, 2.45) is 0 Å². The highest BCUT2D eigenvalue weighted by molar-refractivity contribution is 5.85. The standard InChI is InChI=1S/C7H12N4O.ClH/c12-7-9-6(10-11-7)5-3-1-2-4-8-5;/h5,8H,1-4H2,(H2,9,10,11,12);1H. The van der Waals surface area contributed by atoms with Crippen molar-refractivity contribution in [2.75, 3.05) is 6.54 Å². The van der Waals surface area contributed by atoms with Crippen LogP contribution in [0.4, 0.5) is 0 Å². The first kappa shape index (κ1) is 10.3. The number of piperidine rings is 1. The number of rotatable bonds is 1. The molecule has 13 heavy (non-hydrogen) atoms. The molecule has 0 saturated carbocycles. The maximum absolute atomic E-state index is 10.7. The van der Waals surface area contributed by atoms with Gasteiger partial charge in [-0.05, 0) is 19.4 Å². The minimum atomic E-state index is -0.225. The Morgan fingerprint density at radius 3 is 2.77 bits per heavy atom. The van der Waals surface area contributed by atoms with E-state index < -0.39 is 0 Å². The van der Waals surface area contributed by atoms with Gasteiger partial charge in [0.15, 0.2) is 0 Å². The van der Waals surface area contributed by atoms with Crippen molar-refractivity contribution in [1.82, 2.24) is 20.5 Å². The molecule has 1 atom stereocenters. The molecule has 0 amide bonds. The lowest BCUT2D eigenvalue weighted by molar-refractivity contribution is 0.398. The molecular formula is C7H13ClN4O. The normalized spacial score (nSPS) is 22.3. The van der Waals surface area contributed by atoms with Crippen LogP contribution in [0.15, 0.2) is 4.79 Å². The monoisotopic (exact) mass is 204 g/mol. The van der Waals surface area contributed by atoms with E-state index in [2.05, 4.69) is 20.5 Å². The molecule has 0 aromatic carbocycles. The highest BCUT2D eigenvalue weighted by Crippen LogP contribution is 2.17. The minimum Gasteiger partial charge on any atom is -0.307 e. The van der Waals surface area contributed by atoms with Crippen LogP contribution in [0.2, 0.25) is 0 Å². The van der Waals surface area contributed by atoms with Crippen LogP contribution in [0.1, 0.15) is 31.1 Å². The summed E-state index contributed by atoms with van der Waals surface area (Å²) in [5.41, 5.74) is -0.225. The van der Waals surface area contributed by atoms with Crippen LogP contribution in [0.3, 0.4) is 0 Å². The van der Waals surface area contributed by atoms with E-state index in [0.29, 0.717) is 0 Å². The second-order valence-corrected chi connectivity index (χ2v) is 3.07. The SMILES string of the molecule is Cl.O=c1[nH]nc(C2CCCCN2)[nH]1. The summed E-state index contributed by atoms with van der Waals surface area (Å²) < 4.78 is 0. The van der Waals surface area contributed by atoms with Crippen molar-refractivity contribution in [3.05, 3.63) is 16.3 Å². The van der Waals surface area contributed by atoms with Crippen LogP contribution < -0.4 is 11.0 Å². The third-order valence-corrected chi connectivity index (χ3v) is 2.16. The molecule has 3 N–H and O–H groups in total. The zero-order valence-corrected chi connectivity index (χ0v) is 7.99. The Labute approximate surface area is 81.7 Å². The van der Waals surface area contributed by atoms with Crippen molar-refractivity contribution >= 4 is 12.4 Å². The molecule has 1 aliphatic heterocycles. The number of nitrogens with one attached hydrogen (secondary N) is 3. The quantitative estimate of drug-likeness (QED) is 0.618. The van der Waals surface area contributed by atoms with Gasteiger partial charge in [-0.25, -0.2) is 9.89 Å². The van der Waals surface area contributed by atoms with E-state index in [9.17, 15) is 4.79 Å². The van der Waals surface area contributed by atoms with Crippen molar-refractivity contribution in [3.63, 3.8) is 0 Å². The van der Waals surface area contributed by atoms with E-state index in [0.717, 1.165) is 18.8 Å². The summed E-state index contributed by atoms with van der Waals surface area (Å²) in [6.07, 6.45) is 3.47. The number of H-pyrrole nitrogens is 2. The molecule has 1 unspecified atom stereocenters. The van der Waals surface area contributed by atoms with Crippen molar-refractivity contribution in [3.8, 4) is 0 Å². The van der Waals surface area contributed by atoms with Gasteiger partial charge in [-0.1, -0.05) is 6.42 Å². The summed E-state index contributed by atoms with van der Waals surface area (Å²) >= 11 is 0. The van der Waals surface area contributed by atoms with Gasteiger partial charge in [0.05, 0.1) is 6.04 Å². The van der Waals surface area contributed by atoms with Gasteiger partial charge in [-0.15, -0.1) is 12.4 Å². The fourth-order valence-corrected chi connectivity index (χ4v) is 1.53. The summed E-state index contributed by atoms with van der Waals surface area (Å²) in [6, 6.07) is 0.234. The highest BCUT2D eigenvalue weighted by Gasteiger charge is 2.17. The first-order valence-electron chi connectivity index (χ1n) is 4.24. The van der Waals surface area contributed by atoms with E-state index in [1.807, 2.05) is 0 Å². The molecule has 2 heterocycles. The van der Waals surface area contributed by atoms with E-state index in [4.69, 9.17) is 0 Å². The van der Waals surface area contributed by atoms with E-state index in [1.165, 1.54) is 12.8 Å². The van der Waals surface area contributed by atoms with Crippen LogP contribution in [0.5, 0.6) is 0 Å². The highest BCUT2D eigenvalue weighted by atomic mass is 35.5. The lowest BCUT2D eigenvalue weighted by Crippen LogP contribution is -2.27. The molecule has 74 valence electrons. The molecule has 0 bridgehead atoms. The minimum absolute atomic E-state index is 0. The van der Waals surface area contributed by atoms with Crippen LogP contribution in [0, 0.1) is 0 Å². The fourth-order valence-electron chi connectivity index (χ4n) is 1.53. The topological polar surface area (TPSA) is 73.6 Å². The lowest BCUT2D eigenvalue weighted by atomic mass is 10.0. The van der Waals surface area contributed by atoms with E-state index in [1.54, 1.807) is 0 Å². The molecular weight excluding hydrogens is 192 g/mol. The molecule has 1 aromatic rings. The summed E-state index contributed by atoms with van der Waals surface area (Å²) in [5.74, 6) is 0.736. The summed E-state index contributed by atoms with van der Waals surface area (Å²) in [6.45, 7) is 1.01. The number of halogens is 1. The van der Waals surface area contributed by atoms with Crippen molar-refractivity contribution in [2.45, 2.75) is 25.3 Å². The molecule has 0 radical (unpaired) electrons. The van der Waals surface area contributed by atoms with E-state index in [-0.39, 0.29) is 24.1 Å². The maximum Gasteiger partial charge on any atom is 0.340 e. The van der Waals surface area contributed by atoms with Gasteiger partial charge in [0, 0.05) is 0 Å². The third kappa shape index (κ3) is 2.32. The van der Waals surface area contributed by atoms with Crippen LogP contribution in [-0.4, -0.2) is 21.7 Å². The smallest absolute Gasteiger partial charge is 0.307 e. The Balaban J connectivity index is 0.000000845. The van der Waals surface area contributed by atoms with Crippen molar-refractivity contribution < 1.29 is 0 Å². The Bertz CT molecular complexity index is 301. The number of nitrogens with zero attached hydrogens (tertiary/aromatic N) is 1. The first-order chi connectivity index (χ1) is 5.86. The predicted molar refractivity (Wildman–Crippen MR) is 51.1 cm³/mol. The zero-order chi connectivity index (χ0) is 8.39. The summed E-state index contributed by atoms with van der Waals surface area (Å²) in [7, 11) is 0. The molecule has 0 aliphatic carbocycles. The van der Waals surface area contributed by atoms with Gasteiger partial charge in [0.25, 0.3) is 0 Å². The van der Waals surface area contributed by atoms with Gasteiger partial charge < -0.3 is 5.32 Å². The fraction of sp³-hybridized carbons (Fsp3) is 0.714. The average molecular weight is 205 g/mol. The number of aromatic nitrogens is 3. The largest absolute Gasteiger partial charge is 0.340 e. The van der Waals surface area contributed by atoms with Gasteiger partial charge in [0.2, 0.25) is 0 Å². The first-order valence-corrected chi connectivity index (χ1v) is 4.24. The molecule has 1 aromatic heterocycles. The molecule has 1 fully saturated rings. The zero-order valence-electron chi connectivity index (χ0n) is 7.17. The molecule has 1 aliphatic rings. The van der Waals surface area contributed by atoms with Crippen LogP contribution >= 0.6 is 12.4 Å². The molecule has 2 rings (SSSR count). The maximum atomic E-state index is 10.7. The van der Waals surface area contributed by atoms with E-state index >= 15 is 0 Å². The Morgan fingerprint density at radius 2 is 2.23 bits per heavy atom. The number of hydrogen-bond acceptors (Lipinski definition) is 3. The number of hydrogen-bond donors (Lipinski definition) is 3. The van der Waals surface area contributed by atoms with Gasteiger partial charge in [0.1, 0.15) is 5.82 Å². The van der Waals surface area contributed by atoms with Gasteiger partial charge >= 0.3 is 5.69 Å². The number of aromatic amines is 2. The molecule has 5 nitrogen and oxygen atoms in total. The summed E-state index contributed by atoms with van der Waals surface area (Å²) in [4.78, 5) is 13.4. The van der Waals surface area contributed by atoms with Gasteiger partial charge in [-0.3, -0.25) is 4.98 Å².